The molecule has 2 aliphatic heterocycles. The van der Waals surface area contributed by atoms with Gasteiger partial charge in [-0.1, -0.05) is 40.2 Å². The fourth-order valence-corrected chi connectivity index (χ4v) is 3.93. The lowest BCUT2D eigenvalue weighted by Gasteiger charge is -2.33. The van der Waals surface area contributed by atoms with Gasteiger partial charge < -0.3 is 19.9 Å². The van der Waals surface area contributed by atoms with E-state index in [9.17, 15) is 14.7 Å². The smallest absolute Gasteiger partial charge is 0.325 e. The van der Waals surface area contributed by atoms with E-state index >= 15 is 0 Å². The molecule has 1 fully saturated rings. The SMILES string of the molecule is O=C1NC2(CCOc3ccccc32)C(=O)N1CC(O)COc1cccc(Br)c1. The molecule has 2 unspecified atom stereocenters. The van der Waals surface area contributed by atoms with Gasteiger partial charge in [0, 0.05) is 16.5 Å². The molecule has 28 heavy (non-hydrogen) atoms. The number of carbonyl (C=O) groups is 2. The number of carbonyl (C=O) groups excluding carboxylic acids is 2. The number of halogens is 1. The summed E-state index contributed by atoms with van der Waals surface area (Å²) < 4.78 is 12.0. The van der Waals surface area contributed by atoms with Crippen LogP contribution in [-0.2, 0) is 10.3 Å². The zero-order valence-corrected chi connectivity index (χ0v) is 16.5. The number of hydrogen-bond acceptors (Lipinski definition) is 5. The van der Waals surface area contributed by atoms with Crippen molar-refractivity contribution in [2.75, 3.05) is 19.8 Å². The number of amides is 3. The Bertz CT molecular complexity index is 921. The molecule has 2 aromatic rings. The summed E-state index contributed by atoms with van der Waals surface area (Å²) in [6.07, 6.45) is -0.672. The van der Waals surface area contributed by atoms with Gasteiger partial charge >= 0.3 is 6.03 Å². The molecule has 7 nitrogen and oxygen atoms in total. The topological polar surface area (TPSA) is 88.1 Å². The van der Waals surface area contributed by atoms with Crippen LogP contribution in [0.4, 0.5) is 4.79 Å². The molecule has 2 atom stereocenters. The quantitative estimate of drug-likeness (QED) is 0.688. The molecule has 0 aliphatic carbocycles. The van der Waals surface area contributed by atoms with Crippen molar-refractivity contribution in [2.45, 2.75) is 18.1 Å². The predicted octanol–water partition coefficient (Wildman–Crippen LogP) is 2.42. The van der Waals surface area contributed by atoms with Crippen LogP contribution in [0, 0.1) is 0 Å². The van der Waals surface area contributed by atoms with E-state index < -0.39 is 17.7 Å². The summed E-state index contributed by atoms with van der Waals surface area (Å²) in [7, 11) is 0. The Morgan fingerprint density at radius 2 is 2.07 bits per heavy atom. The number of imide groups is 1. The molecule has 2 N–H and O–H groups in total. The molecule has 2 aromatic carbocycles. The van der Waals surface area contributed by atoms with Crippen LogP contribution in [-0.4, -0.2) is 47.8 Å². The van der Waals surface area contributed by atoms with Crippen LogP contribution in [0.2, 0.25) is 0 Å². The maximum atomic E-state index is 13.1. The number of rotatable bonds is 5. The van der Waals surface area contributed by atoms with Crippen LogP contribution in [0.5, 0.6) is 11.5 Å². The Labute approximate surface area is 170 Å². The van der Waals surface area contributed by atoms with Gasteiger partial charge in [-0.25, -0.2) is 4.79 Å². The molecule has 8 heteroatoms. The third-order valence-corrected chi connectivity index (χ3v) is 5.38. The third-order valence-electron chi connectivity index (χ3n) is 4.89. The third kappa shape index (κ3) is 3.33. The van der Waals surface area contributed by atoms with E-state index in [0.29, 0.717) is 30.1 Å². The van der Waals surface area contributed by atoms with Gasteiger partial charge in [0.1, 0.15) is 24.2 Å². The molecule has 2 heterocycles. The average Bonchev–Trinajstić information content (AvgIpc) is 2.92. The van der Waals surface area contributed by atoms with Gasteiger partial charge in [-0.05, 0) is 24.3 Å². The standard InChI is InChI=1S/C20H19BrN2O5/c21-13-4-3-5-15(10-13)28-12-14(24)11-23-18(25)20(22-19(23)26)8-9-27-17-7-2-1-6-16(17)20/h1-7,10,14,24H,8-9,11-12H2,(H,22,26). The first kappa shape index (κ1) is 18.8. The van der Waals surface area contributed by atoms with Crippen LogP contribution in [0.3, 0.4) is 0 Å². The Hall–Kier alpha value is -2.58. The monoisotopic (exact) mass is 446 g/mol. The lowest BCUT2D eigenvalue weighted by atomic mass is 9.84. The first-order valence-electron chi connectivity index (χ1n) is 8.92. The number of β-amino-alcohol motifs (C(OH)–C–C–N with tert-alkyl or cyclic N) is 1. The fourth-order valence-electron chi connectivity index (χ4n) is 3.55. The molecule has 0 aromatic heterocycles. The van der Waals surface area contributed by atoms with Crippen molar-refractivity contribution < 1.29 is 24.2 Å². The maximum absolute atomic E-state index is 13.1. The lowest BCUT2D eigenvalue weighted by Crippen LogP contribution is -2.48. The number of urea groups is 1. The zero-order valence-electron chi connectivity index (χ0n) is 14.9. The van der Waals surface area contributed by atoms with E-state index in [0.717, 1.165) is 9.37 Å². The van der Waals surface area contributed by atoms with Gasteiger partial charge in [-0.3, -0.25) is 9.69 Å². The van der Waals surface area contributed by atoms with Crippen molar-refractivity contribution in [1.82, 2.24) is 10.2 Å². The van der Waals surface area contributed by atoms with Crippen LogP contribution in [0.15, 0.2) is 53.0 Å². The molecular weight excluding hydrogens is 428 g/mol. The van der Waals surface area contributed by atoms with Gasteiger partial charge in [-0.2, -0.15) is 0 Å². The molecule has 146 valence electrons. The first-order chi connectivity index (χ1) is 13.5. The second kappa shape index (κ2) is 7.44. The highest BCUT2D eigenvalue weighted by Gasteiger charge is 2.55. The van der Waals surface area contributed by atoms with E-state index in [1.165, 1.54) is 0 Å². The van der Waals surface area contributed by atoms with Crippen molar-refractivity contribution in [3.63, 3.8) is 0 Å². The van der Waals surface area contributed by atoms with E-state index in [1.54, 1.807) is 30.3 Å². The Kier molecular flexibility index (Phi) is 4.99. The maximum Gasteiger partial charge on any atom is 0.325 e. The van der Waals surface area contributed by atoms with Gasteiger partial charge in [-0.15, -0.1) is 0 Å². The highest BCUT2D eigenvalue weighted by molar-refractivity contribution is 9.10. The van der Waals surface area contributed by atoms with Crippen molar-refractivity contribution in [2.24, 2.45) is 0 Å². The van der Waals surface area contributed by atoms with Crippen LogP contribution >= 0.6 is 15.9 Å². The number of benzene rings is 2. The summed E-state index contributed by atoms with van der Waals surface area (Å²) in [5.41, 5.74) is -0.501. The largest absolute Gasteiger partial charge is 0.493 e. The van der Waals surface area contributed by atoms with Crippen molar-refractivity contribution in [1.29, 1.82) is 0 Å². The Balaban J connectivity index is 1.46. The average molecular weight is 447 g/mol. The van der Waals surface area contributed by atoms with Crippen molar-refractivity contribution >= 4 is 27.9 Å². The summed E-state index contributed by atoms with van der Waals surface area (Å²) in [5.74, 6) is 0.790. The minimum absolute atomic E-state index is 0.0415. The Morgan fingerprint density at radius 3 is 2.89 bits per heavy atom. The van der Waals surface area contributed by atoms with E-state index in [2.05, 4.69) is 21.2 Å². The Morgan fingerprint density at radius 1 is 1.25 bits per heavy atom. The molecule has 0 bridgehead atoms. The highest BCUT2D eigenvalue weighted by Crippen LogP contribution is 2.40. The van der Waals surface area contributed by atoms with Crippen LogP contribution in [0.25, 0.3) is 0 Å². The number of nitrogens with zero attached hydrogens (tertiary/aromatic N) is 1. The number of hydrogen-bond donors (Lipinski definition) is 2. The minimum Gasteiger partial charge on any atom is -0.493 e. The lowest BCUT2D eigenvalue weighted by molar-refractivity contribution is -0.133. The summed E-state index contributed by atoms with van der Waals surface area (Å²) in [4.78, 5) is 26.7. The molecule has 4 rings (SSSR count). The van der Waals surface area contributed by atoms with E-state index in [-0.39, 0.29) is 19.1 Å². The first-order valence-corrected chi connectivity index (χ1v) is 9.72. The fraction of sp³-hybridized carbons (Fsp3) is 0.300. The second-order valence-corrected chi connectivity index (χ2v) is 7.68. The number of aliphatic hydroxyl groups excluding tert-OH is 1. The molecule has 0 radical (unpaired) electrons. The summed E-state index contributed by atoms with van der Waals surface area (Å²) in [6, 6.07) is 13.9. The number of para-hydroxylation sites is 1. The van der Waals surface area contributed by atoms with Crippen LogP contribution in [0.1, 0.15) is 12.0 Å². The summed E-state index contributed by atoms with van der Waals surface area (Å²) >= 11 is 3.35. The van der Waals surface area contributed by atoms with E-state index in [1.807, 2.05) is 18.2 Å². The number of ether oxygens (including phenoxy) is 2. The van der Waals surface area contributed by atoms with Crippen molar-refractivity contribution in [3.05, 3.63) is 58.6 Å². The minimum atomic E-state index is -1.14. The number of nitrogens with one attached hydrogen (secondary N) is 1. The van der Waals surface area contributed by atoms with E-state index in [4.69, 9.17) is 9.47 Å². The zero-order chi connectivity index (χ0) is 19.7. The molecule has 1 saturated heterocycles. The number of aliphatic hydroxyl groups is 1. The molecule has 1 spiro atoms. The molecule has 2 aliphatic rings. The normalized spacial score (nSPS) is 21.9. The van der Waals surface area contributed by atoms with Crippen molar-refractivity contribution in [3.8, 4) is 11.5 Å². The van der Waals surface area contributed by atoms with Gasteiger partial charge in [0.05, 0.1) is 13.2 Å². The van der Waals surface area contributed by atoms with Crippen LogP contribution < -0.4 is 14.8 Å². The highest BCUT2D eigenvalue weighted by atomic mass is 79.9. The summed E-state index contributed by atoms with van der Waals surface area (Å²) in [5, 5.41) is 13.1. The predicted molar refractivity (Wildman–Crippen MR) is 104 cm³/mol. The second-order valence-electron chi connectivity index (χ2n) is 6.77. The van der Waals surface area contributed by atoms with Gasteiger partial charge in [0.25, 0.3) is 5.91 Å². The number of fused-ring (bicyclic) bond motifs is 2. The molecular formula is C20H19BrN2O5. The molecule has 0 saturated carbocycles. The van der Waals surface area contributed by atoms with Gasteiger partial charge in [0.2, 0.25) is 0 Å². The summed E-state index contributed by atoms with van der Waals surface area (Å²) in [6.45, 7) is 0.134. The molecule has 3 amide bonds. The van der Waals surface area contributed by atoms with Gasteiger partial charge in [0.15, 0.2) is 5.54 Å².